The van der Waals surface area contributed by atoms with Gasteiger partial charge in [0.1, 0.15) is 0 Å². The first-order chi connectivity index (χ1) is 17.3. The van der Waals surface area contributed by atoms with Gasteiger partial charge in [-0.15, -0.1) is 4.41 Å². The van der Waals surface area contributed by atoms with Crippen LogP contribution in [0.4, 0.5) is 11.4 Å². The third-order valence-electron chi connectivity index (χ3n) is 6.22. The van der Waals surface area contributed by atoms with E-state index < -0.39 is 16.1 Å². The van der Waals surface area contributed by atoms with Crippen molar-refractivity contribution in [3.8, 4) is 11.3 Å². The van der Waals surface area contributed by atoms with Crippen molar-refractivity contribution in [2.45, 2.75) is 13.3 Å². The summed E-state index contributed by atoms with van der Waals surface area (Å²) in [4.78, 5) is 17.7. The molecule has 0 spiro atoms. The van der Waals surface area contributed by atoms with Gasteiger partial charge >= 0.3 is 10.2 Å². The lowest BCUT2D eigenvalue weighted by atomic mass is 9.99. The summed E-state index contributed by atoms with van der Waals surface area (Å²) < 4.78 is 27.1. The van der Waals surface area contributed by atoms with Crippen molar-refractivity contribution in [2.24, 2.45) is 5.84 Å². The first kappa shape index (κ1) is 24.2. The molecule has 1 saturated heterocycles. The van der Waals surface area contributed by atoms with E-state index in [-0.39, 0.29) is 23.7 Å². The average Bonchev–Trinajstić information content (AvgIpc) is 2.86. The minimum absolute atomic E-state index is 0.136. The zero-order chi connectivity index (χ0) is 25.4. The Balaban J connectivity index is 1.42. The number of carbonyl (C=O) groups excluding carboxylic acids is 1. The largest absolute Gasteiger partial charge is 0.322 e. The number of aryl methyl sites for hydroxylation is 1. The molecule has 1 aliphatic rings. The number of amides is 1. The zero-order valence-electron chi connectivity index (χ0n) is 19.5. The molecule has 0 bridgehead atoms. The molecule has 0 aliphatic carbocycles. The second-order valence-electron chi connectivity index (χ2n) is 8.57. The topological polar surface area (TPSA) is 109 Å². The fraction of sp³-hybridized carbons (Fsp3) is 0.154. The van der Waals surface area contributed by atoms with Crippen LogP contribution in [-0.4, -0.2) is 36.8 Å². The van der Waals surface area contributed by atoms with Gasteiger partial charge in [0, 0.05) is 35.9 Å². The van der Waals surface area contributed by atoms with E-state index in [1.807, 2.05) is 55.5 Å². The summed E-state index contributed by atoms with van der Waals surface area (Å²) in [6.45, 7) is 2.53. The highest BCUT2D eigenvalue weighted by Crippen LogP contribution is 2.32. The maximum Gasteiger partial charge on any atom is 0.316 e. The van der Waals surface area contributed by atoms with Gasteiger partial charge in [0.05, 0.1) is 22.0 Å². The summed E-state index contributed by atoms with van der Waals surface area (Å²) >= 11 is 6.42. The number of nitrogens with zero attached hydrogens (tertiary/aromatic N) is 3. The predicted octanol–water partition coefficient (Wildman–Crippen LogP) is 4.75. The van der Waals surface area contributed by atoms with E-state index in [1.54, 1.807) is 12.3 Å². The van der Waals surface area contributed by atoms with Gasteiger partial charge in [-0.2, -0.15) is 8.42 Å². The summed E-state index contributed by atoms with van der Waals surface area (Å²) in [6.07, 6.45) is 2.35. The number of fused-ring (bicyclic) bond motifs is 1. The van der Waals surface area contributed by atoms with Gasteiger partial charge in [0.15, 0.2) is 0 Å². The Morgan fingerprint density at radius 2 is 1.86 bits per heavy atom. The van der Waals surface area contributed by atoms with Crippen LogP contribution in [0.25, 0.3) is 22.0 Å². The van der Waals surface area contributed by atoms with Gasteiger partial charge in [-0.1, -0.05) is 41.9 Å². The molecule has 1 aromatic heterocycles. The first-order valence-corrected chi connectivity index (χ1v) is 13.1. The number of nitrogens with one attached hydrogen (secondary N) is 1. The van der Waals surface area contributed by atoms with Crippen molar-refractivity contribution >= 4 is 49.9 Å². The third-order valence-corrected chi connectivity index (χ3v) is 8.26. The van der Waals surface area contributed by atoms with Crippen LogP contribution in [0.2, 0.25) is 5.02 Å². The maximum atomic E-state index is 13.1. The summed E-state index contributed by atoms with van der Waals surface area (Å²) in [5.74, 6) is 5.23. The summed E-state index contributed by atoms with van der Waals surface area (Å²) in [5, 5.41) is 5.13. The van der Waals surface area contributed by atoms with Crippen molar-refractivity contribution in [3.63, 3.8) is 0 Å². The minimum atomic E-state index is -3.83. The van der Waals surface area contributed by atoms with Crippen molar-refractivity contribution < 1.29 is 13.2 Å². The minimum Gasteiger partial charge on any atom is -0.322 e. The molecule has 10 heteroatoms. The molecule has 1 fully saturated rings. The van der Waals surface area contributed by atoms with Gasteiger partial charge in [0.25, 0.3) is 5.91 Å². The lowest BCUT2D eigenvalue weighted by Gasteiger charge is -2.33. The Morgan fingerprint density at radius 1 is 1.06 bits per heavy atom. The number of hydrazine groups is 1. The van der Waals surface area contributed by atoms with E-state index in [4.69, 9.17) is 17.4 Å². The van der Waals surface area contributed by atoms with E-state index >= 15 is 0 Å². The number of pyridine rings is 1. The lowest BCUT2D eigenvalue weighted by Crippen LogP contribution is -2.53. The van der Waals surface area contributed by atoms with Crippen molar-refractivity contribution in [1.29, 1.82) is 0 Å². The van der Waals surface area contributed by atoms with Crippen LogP contribution in [-0.2, 0) is 10.2 Å². The molecule has 5 rings (SSSR count). The number of anilines is 2. The van der Waals surface area contributed by atoms with Crippen LogP contribution in [0.5, 0.6) is 0 Å². The highest BCUT2D eigenvalue weighted by atomic mass is 35.5. The van der Waals surface area contributed by atoms with Crippen LogP contribution >= 0.6 is 11.6 Å². The Morgan fingerprint density at radius 3 is 2.67 bits per heavy atom. The molecule has 184 valence electrons. The Labute approximate surface area is 214 Å². The van der Waals surface area contributed by atoms with E-state index in [9.17, 15) is 13.2 Å². The number of aromatic nitrogens is 1. The van der Waals surface area contributed by atoms with Crippen molar-refractivity contribution in [1.82, 2.24) is 9.40 Å². The molecule has 2 heterocycles. The number of rotatable bonds is 4. The van der Waals surface area contributed by atoms with Crippen molar-refractivity contribution in [2.75, 3.05) is 22.7 Å². The second-order valence-corrected chi connectivity index (χ2v) is 10.8. The normalized spacial score (nSPS) is 15.7. The molecule has 0 atom stereocenters. The molecule has 0 unspecified atom stereocenters. The van der Waals surface area contributed by atoms with Gasteiger partial charge < -0.3 is 5.32 Å². The third kappa shape index (κ3) is 4.42. The van der Waals surface area contributed by atoms with Crippen LogP contribution < -0.4 is 15.5 Å². The summed E-state index contributed by atoms with van der Waals surface area (Å²) in [6, 6.07) is 20.2. The summed E-state index contributed by atoms with van der Waals surface area (Å²) in [5.41, 5.74) is 3.94. The predicted molar refractivity (Wildman–Crippen MR) is 143 cm³/mol. The number of nitrogens with two attached hydrogens (primary N) is 1. The van der Waals surface area contributed by atoms with Crippen molar-refractivity contribution in [3.05, 3.63) is 89.1 Å². The fourth-order valence-corrected chi connectivity index (χ4v) is 5.93. The number of hydrogen-bond donors (Lipinski definition) is 2. The number of carbonyl (C=O) groups is 1. The average molecular weight is 522 g/mol. The van der Waals surface area contributed by atoms with E-state index in [2.05, 4.69) is 10.3 Å². The van der Waals surface area contributed by atoms with Crippen LogP contribution in [0.3, 0.4) is 0 Å². The van der Waals surface area contributed by atoms with Crippen LogP contribution in [0, 0.1) is 6.92 Å². The number of benzene rings is 3. The SMILES string of the molecule is Cc1ccc(NC(=O)c2ccc(N3CCCN(N)S3(=O)=O)cc2Cl)cc1-c1nccc2ccccc12. The highest BCUT2D eigenvalue weighted by Gasteiger charge is 2.32. The van der Waals surface area contributed by atoms with Gasteiger partial charge in [-0.25, -0.2) is 0 Å². The lowest BCUT2D eigenvalue weighted by molar-refractivity contribution is 0.102. The molecule has 8 nitrogen and oxygen atoms in total. The molecule has 3 aromatic carbocycles. The van der Waals surface area contributed by atoms with E-state index in [0.717, 1.165) is 32.0 Å². The van der Waals surface area contributed by atoms with Crippen LogP contribution in [0.15, 0.2) is 72.9 Å². The monoisotopic (exact) mass is 521 g/mol. The Kier molecular flexibility index (Phi) is 6.40. The Hall–Kier alpha value is -3.50. The zero-order valence-corrected chi connectivity index (χ0v) is 21.1. The molecule has 0 radical (unpaired) electrons. The highest BCUT2D eigenvalue weighted by molar-refractivity contribution is 7.90. The molecule has 36 heavy (non-hydrogen) atoms. The molecule has 3 N–H and O–H groups in total. The number of halogens is 1. The molecular weight excluding hydrogens is 498 g/mol. The fourth-order valence-electron chi connectivity index (χ4n) is 4.32. The molecule has 0 saturated carbocycles. The molecular formula is C26H24ClN5O3S. The van der Waals surface area contributed by atoms with Gasteiger partial charge in [-0.3, -0.25) is 19.9 Å². The maximum absolute atomic E-state index is 13.1. The second kappa shape index (κ2) is 9.51. The molecule has 1 amide bonds. The van der Waals surface area contributed by atoms with E-state index in [0.29, 0.717) is 17.8 Å². The summed E-state index contributed by atoms with van der Waals surface area (Å²) in [7, 11) is -3.83. The Bertz CT molecular complexity index is 1590. The number of hydrogen-bond acceptors (Lipinski definition) is 5. The van der Waals surface area contributed by atoms with Gasteiger partial charge in [-0.05, 0) is 60.7 Å². The van der Waals surface area contributed by atoms with E-state index in [1.165, 1.54) is 16.4 Å². The molecule has 1 aliphatic heterocycles. The van der Waals surface area contributed by atoms with Gasteiger partial charge in [0.2, 0.25) is 0 Å². The van der Waals surface area contributed by atoms with Crippen LogP contribution in [0.1, 0.15) is 22.3 Å². The smallest absolute Gasteiger partial charge is 0.316 e. The first-order valence-electron chi connectivity index (χ1n) is 11.4. The molecule has 4 aromatic rings. The standard InChI is InChI=1S/C26H24ClN5O3S/c1-17-7-8-19(15-23(17)25-21-6-3-2-5-18(21)11-12-29-25)30-26(33)22-10-9-20(16-24(22)27)31-13-4-14-32(28)36(31,34)35/h2-3,5-12,15-16H,4,13-14,28H2,1H3,(H,30,33). The quantitative estimate of drug-likeness (QED) is 0.377.